The summed E-state index contributed by atoms with van der Waals surface area (Å²) in [6.07, 6.45) is 8.00. The molecule has 11 nitrogen and oxygen atoms in total. The number of hydrogen-bond donors (Lipinski definition) is 4. The number of carbonyl (C=O) groups excluding carboxylic acids is 5. The van der Waals surface area contributed by atoms with Crippen molar-refractivity contribution in [1.29, 1.82) is 0 Å². The molecule has 5 aliphatic rings. The van der Waals surface area contributed by atoms with Crippen molar-refractivity contribution in [1.82, 2.24) is 10.2 Å². The van der Waals surface area contributed by atoms with Crippen LogP contribution in [0.4, 0.5) is 0 Å². The normalized spacial score (nSPS) is 34.6. The van der Waals surface area contributed by atoms with Crippen LogP contribution in [0.1, 0.15) is 72.9 Å². The molecule has 3 unspecified atom stereocenters. The minimum Gasteiger partial charge on any atom is -0.507 e. The molecule has 1 amide bonds. The third-order valence-corrected chi connectivity index (χ3v) is 10.6. The number of carbonyl (C=O) groups is 5. The molecule has 1 heterocycles. The van der Waals surface area contributed by atoms with Gasteiger partial charge in [0.15, 0.2) is 34.7 Å². The third kappa shape index (κ3) is 4.67. The summed E-state index contributed by atoms with van der Waals surface area (Å²) in [6.45, 7) is 0.785. The quantitative estimate of drug-likeness (QED) is 0.347. The van der Waals surface area contributed by atoms with Crippen molar-refractivity contribution < 1.29 is 34.2 Å². The molecule has 5 N–H and O–H groups in total. The van der Waals surface area contributed by atoms with Gasteiger partial charge in [0, 0.05) is 24.2 Å². The number of aliphatic hydroxyl groups is 1. The summed E-state index contributed by atoms with van der Waals surface area (Å²) in [5.41, 5.74) is 4.90. The van der Waals surface area contributed by atoms with Gasteiger partial charge in [-0.05, 0) is 81.8 Å². The molecule has 1 aromatic carbocycles. The monoisotopic (exact) mass is 592 g/mol. The minimum absolute atomic E-state index is 0.00979. The van der Waals surface area contributed by atoms with Crippen molar-refractivity contribution >= 4 is 34.8 Å². The lowest BCUT2D eigenvalue weighted by Gasteiger charge is -2.52. The number of aliphatic imine (C=N–C) groups is 1. The first-order valence-corrected chi connectivity index (χ1v) is 15.4. The van der Waals surface area contributed by atoms with Gasteiger partial charge in [-0.2, -0.15) is 0 Å². The number of rotatable bonds is 6. The average Bonchev–Trinajstić information content (AvgIpc) is 3.43. The number of fused-ring (bicyclic) bond motifs is 3. The van der Waals surface area contributed by atoms with Crippen LogP contribution >= 0.6 is 0 Å². The van der Waals surface area contributed by atoms with Gasteiger partial charge in [-0.15, -0.1) is 0 Å². The molecule has 0 bridgehead atoms. The lowest BCUT2D eigenvalue weighted by molar-refractivity contribution is -0.181. The Balaban J connectivity index is 1.33. The summed E-state index contributed by atoms with van der Waals surface area (Å²) >= 11 is 0. The van der Waals surface area contributed by atoms with Gasteiger partial charge in [0.2, 0.25) is 5.91 Å². The molecule has 0 spiro atoms. The maximum absolute atomic E-state index is 14.0. The van der Waals surface area contributed by atoms with E-state index >= 15 is 0 Å². The summed E-state index contributed by atoms with van der Waals surface area (Å²) in [6, 6.07) is 2.71. The van der Waals surface area contributed by atoms with Gasteiger partial charge in [-0.3, -0.25) is 33.9 Å². The Morgan fingerprint density at radius 3 is 2.49 bits per heavy atom. The second-order valence-corrected chi connectivity index (χ2v) is 13.3. The van der Waals surface area contributed by atoms with Crippen LogP contribution in [0.3, 0.4) is 0 Å². The predicted octanol–water partition coefficient (Wildman–Crippen LogP) is 0.741. The summed E-state index contributed by atoms with van der Waals surface area (Å²) in [5, 5.41) is 26.2. The molecule has 4 aliphatic carbocycles. The van der Waals surface area contributed by atoms with Gasteiger partial charge < -0.3 is 21.3 Å². The van der Waals surface area contributed by atoms with Crippen LogP contribution < -0.4 is 11.1 Å². The van der Waals surface area contributed by atoms with Crippen LogP contribution in [0.2, 0.25) is 0 Å². The van der Waals surface area contributed by atoms with Crippen molar-refractivity contribution in [2.75, 3.05) is 20.6 Å². The number of amides is 1. The van der Waals surface area contributed by atoms with Gasteiger partial charge in [0.05, 0.1) is 23.6 Å². The number of aromatic hydroxyl groups is 1. The number of Topliss-reactive ketones (excluding diaryl/α,β-unsaturated/α-hetero) is 4. The number of ketones is 4. The zero-order chi connectivity index (χ0) is 30.8. The van der Waals surface area contributed by atoms with Gasteiger partial charge in [-0.25, -0.2) is 0 Å². The van der Waals surface area contributed by atoms with Gasteiger partial charge in [0.1, 0.15) is 5.75 Å². The molecule has 3 saturated carbocycles. The number of likely N-dealkylation sites (N-methyl/N-ethyl adjacent to an activating group) is 1. The van der Waals surface area contributed by atoms with Crippen molar-refractivity contribution in [3.05, 3.63) is 28.8 Å². The highest BCUT2D eigenvalue weighted by molar-refractivity contribution is 6.32. The maximum atomic E-state index is 14.0. The average molecular weight is 593 g/mol. The Labute approximate surface area is 250 Å². The predicted molar refractivity (Wildman–Crippen MR) is 156 cm³/mol. The van der Waals surface area contributed by atoms with Crippen LogP contribution in [-0.2, 0) is 25.6 Å². The Morgan fingerprint density at radius 1 is 1.09 bits per heavy atom. The molecule has 1 aliphatic heterocycles. The van der Waals surface area contributed by atoms with E-state index in [0.717, 1.165) is 30.7 Å². The van der Waals surface area contributed by atoms with E-state index in [1.807, 2.05) is 0 Å². The largest absolute Gasteiger partial charge is 0.507 e. The Hall–Kier alpha value is -3.28. The van der Waals surface area contributed by atoms with Gasteiger partial charge >= 0.3 is 0 Å². The number of hydrogen-bond acceptors (Lipinski definition) is 10. The van der Waals surface area contributed by atoms with Crippen molar-refractivity contribution in [2.24, 2.45) is 34.4 Å². The van der Waals surface area contributed by atoms with E-state index in [9.17, 15) is 34.2 Å². The second kappa shape index (κ2) is 11.0. The molecule has 43 heavy (non-hydrogen) atoms. The van der Waals surface area contributed by atoms with Crippen LogP contribution in [0.25, 0.3) is 0 Å². The first kappa shape index (κ1) is 29.8. The van der Waals surface area contributed by atoms with E-state index in [1.54, 1.807) is 20.2 Å². The number of nitrogens with one attached hydrogen (secondary N) is 1. The summed E-state index contributed by atoms with van der Waals surface area (Å²) in [7, 11) is 3.14. The first-order valence-electron chi connectivity index (χ1n) is 15.4. The van der Waals surface area contributed by atoms with Crippen LogP contribution in [0, 0.1) is 23.7 Å². The molecular formula is C32H40N4O7. The maximum Gasteiger partial charge on any atom is 0.235 e. The molecule has 3 fully saturated rings. The van der Waals surface area contributed by atoms with E-state index in [0.29, 0.717) is 11.6 Å². The lowest BCUT2D eigenvalue weighted by atomic mass is 9.52. The number of phenols is 1. The van der Waals surface area contributed by atoms with Crippen LogP contribution in [0.15, 0.2) is 17.1 Å². The fraction of sp³-hybridized carbons (Fsp3) is 0.625. The molecule has 0 radical (unpaired) electrons. The Kier molecular flexibility index (Phi) is 7.63. The highest BCUT2D eigenvalue weighted by Gasteiger charge is 2.69. The fourth-order valence-corrected chi connectivity index (χ4v) is 8.49. The number of primary amides is 1. The highest BCUT2D eigenvalue weighted by Crippen LogP contribution is 2.51. The van der Waals surface area contributed by atoms with E-state index in [4.69, 9.17) is 10.7 Å². The molecule has 7 atom stereocenters. The van der Waals surface area contributed by atoms with Crippen LogP contribution in [0.5, 0.6) is 5.75 Å². The molecule has 230 valence electrons. The van der Waals surface area contributed by atoms with Crippen molar-refractivity contribution in [2.45, 2.75) is 81.5 Å². The number of benzene rings is 1. The van der Waals surface area contributed by atoms with Crippen LogP contribution in [-0.4, -0.2) is 94.2 Å². The molecule has 0 saturated heterocycles. The molecule has 0 aromatic heterocycles. The van der Waals surface area contributed by atoms with Gasteiger partial charge in [0.25, 0.3) is 0 Å². The Bertz CT molecular complexity index is 1430. The van der Waals surface area contributed by atoms with E-state index in [2.05, 4.69) is 5.32 Å². The first-order chi connectivity index (χ1) is 20.4. The molecular weight excluding hydrogens is 552 g/mol. The topological polar surface area (TPSA) is 179 Å². The van der Waals surface area contributed by atoms with E-state index in [1.165, 1.54) is 43.1 Å². The lowest BCUT2D eigenvalue weighted by Crippen LogP contribution is -2.74. The van der Waals surface area contributed by atoms with E-state index in [-0.39, 0.29) is 30.2 Å². The zero-order valence-corrected chi connectivity index (χ0v) is 24.7. The fourth-order valence-electron chi connectivity index (χ4n) is 8.49. The summed E-state index contributed by atoms with van der Waals surface area (Å²) < 4.78 is 0. The molecule has 6 rings (SSSR count). The minimum atomic E-state index is -2.72. The smallest absolute Gasteiger partial charge is 0.235 e. The second-order valence-electron chi connectivity index (χ2n) is 13.3. The summed E-state index contributed by atoms with van der Waals surface area (Å²) in [4.78, 5) is 73.3. The Morgan fingerprint density at radius 2 is 1.81 bits per heavy atom. The number of phenolic OH excluding ortho intramolecular Hbond substituents is 1. The van der Waals surface area contributed by atoms with Crippen molar-refractivity contribution in [3.63, 3.8) is 0 Å². The van der Waals surface area contributed by atoms with Crippen molar-refractivity contribution in [3.8, 4) is 5.75 Å². The standard InChI is InChI=1S/C32H40N4O7/c1-36(2)26-20-13-15-12-19-18(21-10-8-17(35-21)14-34-16-6-4-3-5-7-16)9-11-22(37)24(19)27(38)23(15)29(40)32(20,43)30(41)25(28(26)39)31(33)42/h9,11,15-17,20,23,25-26,34,37,43H,3-8,10,12-14H2,1-2H3,(H2,33,42)/t15-,17?,20-,23?,25?,26-,32-/m0/s1. The molecule has 11 heteroatoms. The third-order valence-electron chi connectivity index (χ3n) is 10.6. The SMILES string of the molecule is CN(C)[C@@H]1C(=O)C(C(N)=O)C(=O)[C@@]2(O)C(=O)C3C(=O)c4c(O)ccc(C5=NC(CNC6CCCCC6)CC5)c4C[C@H]3C[C@@H]12. The van der Waals surface area contributed by atoms with E-state index < -0.39 is 64.4 Å². The highest BCUT2D eigenvalue weighted by atomic mass is 16.3. The number of nitrogens with two attached hydrogens (primary N) is 1. The summed E-state index contributed by atoms with van der Waals surface area (Å²) in [5.74, 6) is -10.4. The number of nitrogens with zero attached hydrogens (tertiary/aromatic N) is 2. The molecule has 1 aromatic rings. The zero-order valence-electron chi connectivity index (χ0n) is 24.7. The van der Waals surface area contributed by atoms with Gasteiger partial charge in [-0.1, -0.05) is 19.3 Å².